The Morgan fingerprint density at radius 1 is 1.38 bits per heavy atom. The number of amides is 1. The van der Waals surface area contributed by atoms with E-state index in [1.54, 1.807) is 25.1 Å². The van der Waals surface area contributed by atoms with Crippen molar-refractivity contribution in [3.8, 4) is 5.75 Å². The summed E-state index contributed by atoms with van der Waals surface area (Å²) < 4.78 is 29.2. The van der Waals surface area contributed by atoms with Crippen LogP contribution in [0.4, 0.5) is 8.78 Å². The zero-order chi connectivity index (χ0) is 15.1. The second-order valence-electron chi connectivity index (χ2n) is 4.63. The summed E-state index contributed by atoms with van der Waals surface area (Å²) in [5.74, 6) is -0.130. The third kappa shape index (κ3) is 6.73. The lowest BCUT2D eigenvalue weighted by molar-refractivity contribution is -0.122. The monoisotopic (exact) mass is 322 g/mol. The van der Waals surface area contributed by atoms with Crippen LogP contribution >= 0.6 is 12.4 Å². The minimum atomic E-state index is -2.89. The second kappa shape index (κ2) is 9.52. The largest absolute Gasteiger partial charge is 0.434 e. The number of halogens is 3. The first kappa shape index (κ1) is 19.6. The number of para-hydroxylation sites is 1. The Morgan fingerprint density at radius 2 is 2.00 bits per heavy atom. The van der Waals surface area contributed by atoms with Gasteiger partial charge in [0, 0.05) is 18.0 Å². The average molecular weight is 323 g/mol. The first-order chi connectivity index (χ1) is 9.43. The number of hydrogen-bond acceptors (Lipinski definition) is 3. The molecule has 1 amide bonds. The highest BCUT2D eigenvalue weighted by molar-refractivity contribution is 5.85. The Balaban J connectivity index is 0.00000400. The van der Waals surface area contributed by atoms with E-state index in [0.717, 1.165) is 0 Å². The van der Waals surface area contributed by atoms with Gasteiger partial charge in [0.25, 0.3) is 0 Å². The fraction of sp³-hybridized carbons (Fsp3) is 0.500. The molecule has 0 bridgehead atoms. The molecule has 0 aliphatic heterocycles. The summed E-state index contributed by atoms with van der Waals surface area (Å²) in [6.45, 7) is 0.693. The van der Waals surface area contributed by atoms with Gasteiger partial charge < -0.3 is 15.8 Å². The molecule has 0 fully saturated rings. The molecule has 0 aliphatic rings. The molecule has 0 aliphatic carbocycles. The minimum Gasteiger partial charge on any atom is -0.434 e. The molecule has 0 spiro atoms. The van der Waals surface area contributed by atoms with Crippen molar-refractivity contribution in [3.63, 3.8) is 0 Å². The minimum absolute atomic E-state index is 0. The first-order valence-electron chi connectivity index (χ1n) is 6.52. The summed E-state index contributed by atoms with van der Waals surface area (Å²) in [5, 5.41) is 2.78. The van der Waals surface area contributed by atoms with Gasteiger partial charge in [-0.2, -0.15) is 8.78 Å². The average Bonchev–Trinajstić information content (AvgIpc) is 2.35. The van der Waals surface area contributed by atoms with Crippen LogP contribution in [0.3, 0.4) is 0 Å². The molecule has 0 saturated heterocycles. The summed E-state index contributed by atoms with van der Waals surface area (Å²) in [7, 11) is 0. The third-order valence-electron chi connectivity index (χ3n) is 2.76. The van der Waals surface area contributed by atoms with Crippen LogP contribution in [-0.2, 0) is 4.79 Å². The van der Waals surface area contributed by atoms with E-state index in [-0.39, 0.29) is 42.6 Å². The molecule has 7 heteroatoms. The molecule has 21 heavy (non-hydrogen) atoms. The van der Waals surface area contributed by atoms with Crippen molar-refractivity contribution in [2.24, 2.45) is 5.73 Å². The smallest absolute Gasteiger partial charge is 0.387 e. The van der Waals surface area contributed by atoms with Crippen LogP contribution in [0, 0.1) is 0 Å². The molecule has 0 radical (unpaired) electrons. The van der Waals surface area contributed by atoms with Gasteiger partial charge in [0.05, 0.1) is 6.04 Å². The molecule has 1 aromatic rings. The lowest BCUT2D eigenvalue weighted by Gasteiger charge is -2.21. The van der Waals surface area contributed by atoms with Crippen molar-refractivity contribution in [2.75, 3.05) is 0 Å². The number of carbonyl (C=O) groups excluding carboxylic acids is 1. The summed E-state index contributed by atoms with van der Waals surface area (Å²) in [6.07, 6.45) is 0.753. The van der Waals surface area contributed by atoms with Crippen LogP contribution in [0.25, 0.3) is 0 Å². The van der Waals surface area contributed by atoms with Crippen LogP contribution in [0.2, 0.25) is 0 Å². The molecular weight excluding hydrogens is 302 g/mol. The Kier molecular flexibility index (Phi) is 8.89. The fourth-order valence-corrected chi connectivity index (χ4v) is 1.92. The predicted molar refractivity (Wildman–Crippen MR) is 79.8 cm³/mol. The topological polar surface area (TPSA) is 64.4 Å². The van der Waals surface area contributed by atoms with Gasteiger partial charge in [0.1, 0.15) is 5.75 Å². The van der Waals surface area contributed by atoms with Crippen molar-refractivity contribution >= 4 is 18.3 Å². The Bertz CT molecular complexity index is 445. The number of nitrogens with two attached hydrogens (primary N) is 1. The van der Waals surface area contributed by atoms with Crippen LogP contribution in [0.5, 0.6) is 5.75 Å². The maximum atomic E-state index is 12.4. The fourth-order valence-electron chi connectivity index (χ4n) is 1.92. The highest BCUT2D eigenvalue weighted by atomic mass is 35.5. The molecule has 1 rings (SSSR count). The van der Waals surface area contributed by atoms with Crippen LogP contribution in [-0.4, -0.2) is 18.6 Å². The van der Waals surface area contributed by atoms with Crippen LogP contribution < -0.4 is 15.8 Å². The highest BCUT2D eigenvalue weighted by Gasteiger charge is 2.19. The van der Waals surface area contributed by atoms with Gasteiger partial charge in [-0.15, -0.1) is 12.4 Å². The number of ether oxygens (including phenoxy) is 1. The summed E-state index contributed by atoms with van der Waals surface area (Å²) in [5.41, 5.74) is 6.10. The Hall–Kier alpha value is -1.40. The number of nitrogens with one attached hydrogen (secondary N) is 1. The number of hydrogen-bond donors (Lipinski definition) is 2. The summed E-state index contributed by atoms with van der Waals surface area (Å²) in [6, 6.07) is 5.82. The van der Waals surface area contributed by atoms with E-state index in [9.17, 15) is 13.6 Å². The van der Waals surface area contributed by atoms with Crippen molar-refractivity contribution < 1.29 is 18.3 Å². The molecule has 2 atom stereocenters. The number of alkyl halides is 2. The highest BCUT2D eigenvalue weighted by Crippen LogP contribution is 2.28. The molecule has 1 aromatic carbocycles. The number of carbonyl (C=O) groups is 1. The van der Waals surface area contributed by atoms with E-state index in [1.807, 2.05) is 6.92 Å². The van der Waals surface area contributed by atoms with Gasteiger partial charge in [0.15, 0.2) is 0 Å². The zero-order valence-corrected chi connectivity index (χ0v) is 12.8. The second-order valence-corrected chi connectivity index (χ2v) is 4.63. The summed E-state index contributed by atoms with van der Waals surface area (Å²) >= 11 is 0. The van der Waals surface area contributed by atoms with Gasteiger partial charge in [-0.05, 0) is 19.4 Å². The number of benzene rings is 1. The normalized spacial score (nSPS) is 13.2. The standard InChI is InChI=1S/C14H20F2N2O2.ClH/c1-3-11(18-13(19)8-9(2)17)10-6-4-5-7-12(10)20-14(15)16;/h4-7,9,11,14H,3,8,17H2,1-2H3,(H,18,19);1H. The van der Waals surface area contributed by atoms with Gasteiger partial charge in [0.2, 0.25) is 5.91 Å². The molecular formula is C14H21ClF2N2O2. The first-order valence-corrected chi connectivity index (χ1v) is 6.52. The van der Waals surface area contributed by atoms with Gasteiger partial charge in [-0.3, -0.25) is 4.79 Å². The van der Waals surface area contributed by atoms with Gasteiger partial charge in [-0.25, -0.2) is 0 Å². The van der Waals surface area contributed by atoms with E-state index in [0.29, 0.717) is 12.0 Å². The number of rotatable bonds is 7. The van der Waals surface area contributed by atoms with Crippen molar-refractivity contribution in [1.29, 1.82) is 0 Å². The maximum absolute atomic E-state index is 12.4. The Morgan fingerprint density at radius 3 is 2.52 bits per heavy atom. The lowest BCUT2D eigenvalue weighted by Crippen LogP contribution is -2.32. The molecule has 0 saturated carbocycles. The van der Waals surface area contributed by atoms with Crippen LogP contribution in [0.15, 0.2) is 24.3 Å². The lowest BCUT2D eigenvalue weighted by atomic mass is 10.0. The summed E-state index contributed by atoms with van der Waals surface area (Å²) in [4.78, 5) is 11.7. The van der Waals surface area contributed by atoms with E-state index in [2.05, 4.69) is 10.1 Å². The molecule has 0 heterocycles. The molecule has 2 unspecified atom stereocenters. The molecule has 3 N–H and O–H groups in total. The van der Waals surface area contributed by atoms with Crippen molar-refractivity contribution in [2.45, 2.75) is 45.4 Å². The van der Waals surface area contributed by atoms with E-state index >= 15 is 0 Å². The van der Waals surface area contributed by atoms with Crippen LogP contribution in [0.1, 0.15) is 38.3 Å². The zero-order valence-electron chi connectivity index (χ0n) is 12.0. The molecule has 4 nitrogen and oxygen atoms in total. The van der Waals surface area contributed by atoms with E-state index in [4.69, 9.17) is 5.73 Å². The predicted octanol–water partition coefficient (Wildman–Crippen LogP) is 3.01. The van der Waals surface area contributed by atoms with Gasteiger partial charge >= 0.3 is 6.61 Å². The quantitative estimate of drug-likeness (QED) is 0.811. The third-order valence-corrected chi connectivity index (χ3v) is 2.76. The molecule has 120 valence electrons. The molecule has 0 aromatic heterocycles. The Labute approximate surface area is 129 Å². The van der Waals surface area contributed by atoms with E-state index < -0.39 is 6.61 Å². The van der Waals surface area contributed by atoms with E-state index in [1.165, 1.54) is 6.07 Å². The van der Waals surface area contributed by atoms with Crippen molar-refractivity contribution in [1.82, 2.24) is 5.32 Å². The SMILES string of the molecule is CCC(NC(=O)CC(C)N)c1ccccc1OC(F)F.Cl. The van der Waals surface area contributed by atoms with Gasteiger partial charge in [-0.1, -0.05) is 25.1 Å². The van der Waals surface area contributed by atoms with Crippen molar-refractivity contribution in [3.05, 3.63) is 29.8 Å². The maximum Gasteiger partial charge on any atom is 0.387 e.